The van der Waals surface area contributed by atoms with Crippen molar-refractivity contribution in [2.24, 2.45) is 12.9 Å². The number of carbonyl (C=O) groups is 2. The molecule has 0 atom stereocenters. The summed E-state index contributed by atoms with van der Waals surface area (Å²) in [6, 6.07) is 6.07. The van der Waals surface area contributed by atoms with Crippen LogP contribution >= 0.6 is 23.2 Å². The molecule has 104 valence electrons. The molecular weight excluding hydrogens is 301 g/mol. The number of halogens is 2. The fourth-order valence-corrected chi connectivity index (χ4v) is 2.31. The Bertz CT molecular complexity index is 695. The minimum absolute atomic E-state index is 0.260. The lowest BCUT2D eigenvalue weighted by Crippen LogP contribution is -2.31. The van der Waals surface area contributed by atoms with E-state index in [4.69, 9.17) is 29.0 Å². The Morgan fingerprint density at radius 2 is 1.95 bits per heavy atom. The van der Waals surface area contributed by atoms with E-state index in [1.54, 1.807) is 19.2 Å². The van der Waals surface area contributed by atoms with Gasteiger partial charge in [-0.3, -0.25) is 15.0 Å². The van der Waals surface area contributed by atoms with Crippen LogP contribution in [0.2, 0.25) is 10.0 Å². The zero-order valence-electron chi connectivity index (χ0n) is 10.5. The molecule has 0 saturated heterocycles. The first-order valence-corrected chi connectivity index (χ1v) is 6.36. The Balaban J connectivity index is 2.41. The Morgan fingerprint density at radius 3 is 2.55 bits per heavy atom. The summed E-state index contributed by atoms with van der Waals surface area (Å²) in [5.41, 5.74) is 2.96. The molecule has 0 bridgehead atoms. The molecule has 0 aliphatic rings. The van der Waals surface area contributed by atoms with Gasteiger partial charge in [0.1, 0.15) is 5.69 Å². The van der Waals surface area contributed by atoms with Crippen LogP contribution in [0.15, 0.2) is 30.5 Å². The van der Waals surface area contributed by atoms with Crippen LogP contribution in [-0.4, -0.2) is 16.3 Å². The van der Waals surface area contributed by atoms with E-state index >= 15 is 0 Å². The van der Waals surface area contributed by atoms with E-state index in [1.807, 2.05) is 5.43 Å². The molecule has 2 rings (SSSR count). The van der Waals surface area contributed by atoms with Gasteiger partial charge in [0.2, 0.25) is 0 Å². The van der Waals surface area contributed by atoms with Crippen LogP contribution in [0, 0.1) is 0 Å². The van der Waals surface area contributed by atoms with Crippen LogP contribution in [0.3, 0.4) is 0 Å². The van der Waals surface area contributed by atoms with Crippen LogP contribution in [0.1, 0.15) is 26.4 Å². The molecule has 1 aromatic carbocycles. The summed E-state index contributed by atoms with van der Waals surface area (Å²) in [5.74, 6) is 4.31. The van der Waals surface area contributed by atoms with Crippen molar-refractivity contribution in [3.05, 3.63) is 57.3 Å². The molecule has 0 spiro atoms. The SMILES string of the molecule is Cn1cc(C(=O)c2ccc(Cl)cc2Cl)cc1C(=O)NN. The Hall–Kier alpha value is -1.82. The van der Waals surface area contributed by atoms with Crippen molar-refractivity contribution in [3.8, 4) is 0 Å². The molecule has 0 saturated carbocycles. The minimum atomic E-state index is -0.478. The predicted octanol–water partition coefficient (Wildman–Crippen LogP) is 2.17. The van der Waals surface area contributed by atoms with Crippen molar-refractivity contribution >= 4 is 34.9 Å². The lowest BCUT2D eigenvalue weighted by Gasteiger charge is -2.02. The van der Waals surface area contributed by atoms with Gasteiger partial charge in [-0.2, -0.15) is 0 Å². The van der Waals surface area contributed by atoms with Crippen molar-refractivity contribution < 1.29 is 9.59 Å². The maximum Gasteiger partial charge on any atom is 0.281 e. The average Bonchev–Trinajstić information content (AvgIpc) is 2.79. The second-order valence-electron chi connectivity index (χ2n) is 4.15. The number of amides is 1. The van der Waals surface area contributed by atoms with Gasteiger partial charge in [0, 0.05) is 29.4 Å². The van der Waals surface area contributed by atoms with E-state index in [1.165, 1.54) is 22.9 Å². The Morgan fingerprint density at radius 1 is 1.25 bits per heavy atom. The van der Waals surface area contributed by atoms with Gasteiger partial charge in [-0.25, -0.2) is 5.84 Å². The van der Waals surface area contributed by atoms with Crippen LogP contribution < -0.4 is 11.3 Å². The van der Waals surface area contributed by atoms with Crippen LogP contribution in [0.4, 0.5) is 0 Å². The molecule has 1 aromatic heterocycles. The lowest BCUT2D eigenvalue weighted by atomic mass is 10.1. The fourth-order valence-electron chi connectivity index (χ4n) is 1.82. The highest BCUT2D eigenvalue weighted by Crippen LogP contribution is 2.24. The number of rotatable bonds is 3. The second-order valence-corrected chi connectivity index (χ2v) is 5.00. The van der Waals surface area contributed by atoms with Crippen molar-refractivity contribution in [1.82, 2.24) is 9.99 Å². The highest BCUT2D eigenvalue weighted by atomic mass is 35.5. The van der Waals surface area contributed by atoms with Crippen molar-refractivity contribution in [1.29, 1.82) is 0 Å². The lowest BCUT2D eigenvalue weighted by molar-refractivity contribution is 0.0945. The third-order valence-corrected chi connectivity index (χ3v) is 3.35. The summed E-state index contributed by atoms with van der Waals surface area (Å²) in [7, 11) is 1.64. The average molecular weight is 312 g/mol. The Kier molecular flexibility index (Phi) is 4.13. The van der Waals surface area contributed by atoms with Gasteiger partial charge in [0.15, 0.2) is 5.78 Å². The molecule has 0 unspecified atom stereocenters. The number of nitrogens with zero attached hydrogens (tertiary/aromatic N) is 1. The quantitative estimate of drug-likeness (QED) is 0.395. The van der Waals surface area contributed by atoms with E-state index in [-0.39, 0.29) is 16.5 Å². The number of hydrogen-bond acceptors (Lipinski definition) is 3. The predicted molar refractivity (Wildman–Crippen MR) is 77.0 cm³/mol. The molecular formula is C13H11Cl2N3O2. The van der Waals surface area contributed by atoms with Gasteiger partial charge < -0.3 is 4.57 Å². The fraction of sp³-hybridized carbons (Fsp3) is 0.0769. The highest BCUT2D eigenvalue weighted by molar-refractivity contribution is 6.37. The first-order chi connectivity index (χ1) is 9.43. The van der Waals surface area contributed by atoms with E-state index in [2.05, 4.69) is 0 Å². The smallest absolute Gasteiger partial charge is 0.281 e. The number of benzene rings is 1. The van der Waals surface area contributed by atoms with Gasteiger partial charge in [-0.1, -0.05) is 23.2 Å². The van der Waals surface area contributed by atoms with Gasteiger partial charge >= 0.3 is 0 Å². The summed E-state index contributed by atoms with van der Waals surface area (Å²) in [6.45, 7) is 0. The minimum Gasteiger partial charge on any atom is -0.346 e. The molecule has 0 radical (unpaired) electrons. The molecule has 1 heterocycles. The van der Waals surface area contributed by atoms with Gasteiger partial charge in [0.05, 0.1) is 5.02 Å². The van der Waals surface area contributed by atoms with Crippen LogP contribution in [0.5, 0.6) is 0 Å². The summed E-state index contributed by atoms with van der Waals surface area (Å²) < 4.78 is 1.51. The summed E-state index contributed by atoms with van der Waals surface area (Å²) in [5, 5.41) is 0.707. The molecule has 1 amide bonds. The van der Waals surface area contributed by atoms with E-state index in [0.29, 0.717) is 16.1 Å². The maximum atomic E-state index is 12.4. The first kappa shape index (κ1) is 14.6. The molecule has 5 nitrogen and oxygen atoms in total. The number of aryl methyl sites for hydroxylation is 1. The number of ketones is 1. The van der Waals surface area contributed by atoms with Crippen molar-refractivity contribution in [2.45, 2.75) is 0 Å². The summed E-state index contributed by atoms with van der Waals surface area (Å²) >= 11 is 11.8. The molecule has 7 heteroatoms. The van der Waals surface area contributed by atoms with Gasteiger partial charge in [0.25, 0.3) is 5.91 Å². The molecule has 0 aliphatic heterocycles. The third kappa shape index (κ3) is 2.70. The van der Waals surface area contributed by atoms with Crippen molar-refractivity contribution in [3.63, 3.8) is 0 Å². The molecule has 2 aromatic rings. The molecule has 0 aliphatic carbocycles. The normalized spacial score (nSPS) is 10.4. The largest absolute Gasteiger partial charge is 0.346 e. The number of nitrogens with two attached hydrogens (primary N) is 1. The standard InChI is InChI=1S/C13H11Cl2N3O2/c1-18-6-7(4-11(18)13(20)17-16)12(19)9-3-2-8(14)5-10(9)15/h2-6H,16H2,1H3,(H,17,20). The number of hydrogen-bond donors (Lipinski definition) is 2. The number of nitrogens with one attached hydrogen (secondary N) is 1. The molecule has 0 fully saturated rings. The zero-order valence-corrected chi connectivity index (χ0v) is 12.0. The molecule has 20 heavy (non-hydrogen) atoms. The Labute approximate surface area is 125 Å². The molecule has 3 N–H and O–H groups in total. The third-order valence-electron chi connectivity index (χ3n) is 2.81. The van der Waals surface area contributed by atoms with Gasteiger partial charge in [-0.05, 0) is 24.3 Å². The second kappa shape index (κ2) is 5.66. The van der Waals surface area contributed by atoms with E-state index in [0.717, 1.165) is 0 Å². The van der Waals surface area contributed by atoms with Crippen molar-refractivity contribution in [2.75, 3.05) is 0 Å². The number of nitrogen functional groups attached to an aromatic ring is 1. The number of aromatic nitrogens is 1. The summed E-state index contributed by atoms with van der Waals surface area (Å²) in [6.07, 6.45) is 1.54. The summed E-state index contributed by atoms with van der Waals surface area (Å²) in [4.78, 5) is 23.9. The van der Waals surface area contributed by atoms with Crippen LogP contribution in [-0.2, 0) is 7.05 Å². The number of carbonyl (C=O) groups excluding carboxylic acids is 2. The van der Waals surface area contributed by atoms with Gasteiger partial charge in [-0.15, -0.1) is 0 Å². The maximum absolute atomic E-state index is 12.4. The highest BCUT2D eigenvalue weighted by Gasteiger charge is 2.18. The first-order valence-electron chi connectivity index (χ1n) is 5.61. The van der Waals surface area contributed by atoms with E-state index in [9.17, 15) is 9.59 Å². The van der Waals surface area contributed by atoms with E-state index < -0.39 is 5.91 Å². The topological polar surface area (TPSA) is 77.1 Å². The number of hydrazine groups is 1. The monoisotopic (exact) mass is 311 g/mol. The zero-order chi connectivity index (χ0) is 14.9. The van der Waals surface area contributed by atoms with Crippen LogP contribution in [0.25, 0.3) is 0 Å².